The number of H-pyrrole nitrogens is 1. The molecule has 3 rings (SSSR count). The number of nitrogens with one attached hydrogen (secondary N) is 2. The third kappa shape index (κ3) is 3.34. The number of benzene rings is 1. The van der Waals surface area contributed by atoms with Gasteiger partial charge in [0.25, 0.3) is 0 Å². The van der Waals surface area contributed by atoms with E-state index in [0.717, 1.165) is 12.1 Å². The van der Waals surface area contributed by atoms with Crippen molar-refractivity contribution >= 4 is 16.9 Å². The lowest BCUT2D eigenvalue weighted by Crippen LogP contribution is -2.16. The highest BCUT2D eigenvalue weighted by Crippen LogP contribution is 2.26. The molecule has 3 aromatic rings. The van der Waals surface area contributed by atoms with E-state index in [0.29, 0.717) is 22.9 Å². The average Bonchev–Trinajstić information content (AvgIpc) is 2.96. The minimum atomic E-state index is -0.864. The van der Waals surface area contributed by atoms with E-state index in [4.69, 9.17) is 4.74 Å². The van der Waals surface area contributed by atoms with Gasteiger partial charge in [-0.05, 0) is 19.1 Å². The van der Waals surface area contributed by atoms with Gasteiger partial charge in [0.15, 0.2) is 17.2 Å². The Hall–Kier alpha value is -2.81. The van der Waals surface area contributed by atoms with Gasteiger partial charge in [-0.15, -0.1) is 0 Å². The average molecular weight is 321 g/mol. The summed E-state index contributed by atoms with van der Waals surface area (Å²) in [5.41, 5.74) is 0.380. The minimum Gasteiger partial charge on any atom is -0.421 e. The predicted octanol–water partition coefficient (Wildman–Crippen LogP) is 2.22. The summed E-state index contributed by atoms with van der Waals surface area (Å²) in [5, 5.41) is 19.4. The standard InChI is InChI=1S/C14H13F2N5O2/c1-7(22)5-17-12-9-6-18-21-13(9)20-14(19-12)23-11-3-2-8(15)4-10(11)16/h2-4,6-7,22H,5H2,1H3,(H2,17,18,19,20,21)/t7-/m1/s1. The SMILES string of the molecule is C[C@@H](O)CNc1nc(Oc2ccc(F)cc2F)nc2[nH]ncc12. The highest BCUT2D eigenvalue weighted by atomic mass is 19.1. The first-order valence-electron chi connectivity index (χ1n) is 6.79. The molecule has 1 aromatic carbocycles. The summed E-state index contributed by atoms with van der Waals surface area (Å²) < 4.78 is 31.8. The number of aliphatic hydroxyl groups excluding tert-OH is 1. The van der Waals surface area contributed by atoms with Crippen LogP contribution in [-0.4, -0.2) is 37.9 Å². The first kappa shape index (κ1) is 15.1. The van der Waals surface area contributed by atoms with Gasteiger partial charge in [-0.2, -0.15) is 15.1 Å². The van der Waals surface area contributed by atoms with Crippen molar-refractivity contribution in [2.24, 2.45) is 0 Å². The lowest BCUT2D eigenvalue weighted by Gasteiger charge is -2.10. The first-order chi connectivity index (χ1) is 11.0. The number of aromatic amines is 1. The van der Waals surface area contributed by atoms with Gasteiger partial charge in [0.05, 0.1) is 17.7 Å². The Balaban J connectivity index is 1.94. The molecule has 23 heavy (non-hydrogen) atoms. The van der Waals surface area contributed by atoms with Gasteiger partial charge in [0.2, 0.25) is 0 Å². The van der Waals surface area contributed by atoms with Crippen LogP contribution in [0.15, 0.2) is 24.4 Å². The summed E-state index contributed by atoms with van der Waals surface area (Å²) in [6.45, 7) is 1.87. The first-order valence-corrected chi connectivity index (χ1v) is 6.79. The number of anilines is 1. The highest BCUT2D eigenvalue weighted by Gasteiger charge is 2.13. The van der Waals surface area contributed by atoms with Crippen LogP contribution in [0.2, 0.25) is 0 Å². The topological polar surface area (TPSA) is 96.0 Å². The summed E-state index contributed by atoms with van der Waals surface area (Å²) in [4.78, 5) is 8.20. The normalized spacial score (nSPS) is 12.3. The van der Waals surface area contributed by atoms with Crippen LogP contribution in [0.1, 0.15) is 6.92 Å². The van der Waals surface area contributed by atoms with E-state index in [1.807, 2.05) is 0 Å². The van der Waals surface area contributed by atoms with Gasteiger partial charge in [-0.3, -0.25) is 5.10 Å². The zero-order valence-corrected chi connectivity index (χ0v) is 12.0. The maximum absolute atomic E-state index is 13.7. The molecule has 120 valence electrons. The van der Waals surface area contributed by atoms with Gasteiger partial charge in [-0.1, -0.05) is 0 Å². The third-order valence-corrected chi connectivity index (χ3v) is 2.95. The molecule has 0 saturated heterocycles. The fourth-order valence-electron chi connectivity index (χ4n) is 1.90. The monoisotopic (exact) mass is 321 g/mol. The van der Waals surface area contributed by atoms with Gasteiger partial charge in [0, 0.05) is 12.6 Å². The van der Waals surface area contributed by atoms with Crippen molar-refractivity contribution in [2.45, 2.75) is 13.0 Å². The molecule has 0 radical (unpaired) electrons. The molecule has 0 fully saturated rings. The Kier molecular flexibility index (Phi) is 4.02. The minimum absolute atomic E-state index is 0.139. The molecular weight excluding hydrogens is 308 g/mol. The number of halogens is 2. The molecule has 0 spiro atoms. The molecule has 2 aromatic heterocycles. The lowest BCUT2D eigenvalue weighted by atomic mass is 10.3. The van der Waals surface area contributed by atoms with E-state index in [9.17, 15) is 13.9 Å². The van der Waals surface area contributed by atoms with Gasteiger partial charge >= 0.3 is 6.01 Å². The molecule has 0 aliphatic heterocycles. The number of aromatic nitrogens is 4. The Labute approximate surface area is 129 Å². The van der Waals surface area contributed by atoms with Crippen LogP contribution in [-0.2, 0) is 0 Å². The van der Waals surface area contributed by atoms with E-state index in [-0.39, 0.29) is 18.3 Å². The molecule has 9 heteroatoms. The fraction of sp³-hybridized carbons (Fsp3) is 0.214. The Bertz CT molecular complexity index is 837. The molecule has 0 unspecified atom stereocenters. The van der Waals surface area contributed by atoms with E-state index in [2.05, 4.69) is 25.5 Å². The number of aliphatic hydroxyl groups is 1. The maximum atomic E-state index is 13.7. The van der Waals surface area contributed by atoms with E-state index in [1.165, 1.54) is 6.20 Å². The number of hydrogen-bond acceptors (Lipinski definition) is 6. The van der Waals surface area contributed by atoms with E-state index in [1.54, 1.807) is 6.92 Å². The Morgan fingerprint density at radius 1 is 1.35 bits per heavy atom. The maximum Gasteiger partial charge on any atom is 0.326 e. The van der Waals surface area contributed by atoms with Crippen molar-refractivity contribution in [1.29, 1.82) is 0 Å². The second kappa shape index (κ2) is 6.13. The highest BCUT2D eigenvalue weighted by molar-refractivity contribution is 5.86. The Morgan fingerprint density at radius 2 is 2.17 bits per heavy atom. The summed E-state index contributed by atoms with van der Waals surface area (Å²) in [6, 6.07) is 2.78. The smallest absolute Gasteiger partial charge is 0.326 e. The summed E-state index contributed by atoms with van der Waals surface area (Å²) in [7, 11) is 0. The number of rotatable bonds is 5. The molecule has 2 heterocycles. The lowest BCUT2D eigenvalue weighted by molar-refractivity contribution is 0.208. The second-order valence-corrected chi connectivity index (χ2v) is 4.89. The number of ether oxygens (including phenoxy) is 1. The molecule has 7 nitrogen and oxygen atoms in total. The van der Waals surface area contributed by atoms with Crippen LogP contribution in [0.4, 0.5) is 14.6 Å². The largest absolute Gasteiger partial charge is 0.421 e. The Morgan fingerprint density at radius 3 is 2.91 bits per heavy atom. The number of nitrogens with zero attached hydrogens (tertiary/aromatic N) is 3. The van der Waals surface area contributed by atoms with Crippen LogP contribution in [0.5, 0.6) is 11.8 Å². The van der Waals surface area contributed by atoms with Crippen molar-refractivity contribution in [3.8, 4) is 11.8 Å². The molecule has 0 saturated carbocycles. The summed E-state index contributed by atoms with van der Waals surface area (Å²) in [5.74, 6) is -1.40. The van der Waals surface area contributed by atoms with Crippen LogP contribution in [0.3, 0.4) is 0 Å². The molecular formula is C14H13F2N5O2. The van der Waals surface area contributed by atoms with Crippen molar-refractivity contribution in [2.75, 3.05) is 11.9 Å². The van der Waals surface area contributed by atoms with E-state index < -0.39 is 17.7 Å². The molecule has 0 bridgehead atoms. The molecule has 1 atom stereocenters. The number of hydrogen-bond donors (Lipinski definition) is 3. The molecule has 0 aliphatic rings. The van der Waals surface area contributed by atoms with Crippen LogP contribution in [0.25, 0.3) is 11.0 Å². The van der Waals surface area contributed by atoms with Crippen molar-refractivity contribution in [3.63, 3.8) is 0 Å². The predicted molar refractivity (Wildman–Crippen MR) is 78.3 cm³/mol. The second-order valence-electron chi connectivity index (χ2n) is 4.89. The van der Waals surface area contributed by atoms with E-state index >= 15 is 0 Å². The number of fused-ring (bicyclic) bond motifs is 1. The van der Waals surface area contributed by atoms with Crippen LogP contribution in [0, 0.1) is 11.6 Å². The quantitative estimate of drug-likeness (QED) is 0.667. The summed E-state index contributed by atoms with van der Waals surface area (Å²) in [6.07, 6.45) is 0.924. The fourth-order valence-corrected chi connectivity index (χ4v) is 1.90. The van der Waals surface area contributed by atoms with Crippen LogP contribution < -0.4 is 10.1 Å². The van der Waals surface area contributed by atoms with Gasteiger partial charge in [0.1, 0.15) is 11.6 Å². The zero-order valence-electron chi connectivity index (χ0n) is 12.0. The molecule has 0 amide bonds. The van der Waals surface area contributed by atoms with Crippen LogP contribution >= 0.6 is 0 Å². The van der Waals surface area contributed by atoms with Crippen molar-refractivity contribution in [1.82, 2.24) is 20.2 Å². The molecule has 3 N–H and O–H groups in total. The van der Waals surface area contributed by atoms with Crippen molar-refractivity contribution < 1.29 is 18.6 Å². The third-order valence-electron chi connectivity index (χ3n) is 2.95. The summed E-state index contributed by atoms with van der Waals surface area (Å²) >= 11 is 0. The van der Waals surface area contributed by atoms with Gasteiger partial charge < -0.3 is 15.2 Å². The molecule has 0 aliphatic carbocycles. The van der Waals surface area contributed by atoms with Gasteiger partial charge in [-0.25, -0.2) is 8.78 Å². The van der Waals surface area contributed by atoms with Crippen molar-refractivity contribution in [3.05, 3.63) is 36.0 Å². The zero-order chi connectivity index (χ0) is 16.4.